The van der Waals surface area contributed by atoms with Gasteiger partial charge in [0.15, 0.2) is 0 Å². The molecule has 25 heavy (non-hydrogen) atoms. The number of nitrogens with zero attached hydrogens (tertiary/aromatic N) is 1. The summed E-state index contributed by atoms with van der Waals surface area (Å²) < 4.78 is 5.09. The fraction of sp³-hybridized carbons (Fsp3) is 0.100. The molecule has 0 aliphatic heterocycles. The van der Waals surface area contributed by atoms with E-state index < -0.39 is 0 Å². The zero-order chi connectivity index (χ0) is 17.5. The van der Waals surface area contributed by atoms with Crippen molar-refractivity contribution < 1.29 is 9.53 Å². The van der Waals surface area contributed by atoms with Crippen molar-refractivity contribution in [2.45, 2.75) is 0 Å². The maximum atomic E-state index is 11.8. The van der Waals surface area contributed by atoms with Crippen LogP contribution in [0.25, 0.3) is 10.8 Å². The highest BCUT2D eigenvalue weighted by molar-refractivity contribution is 5.91. The van der Waals surface area contributed by atoms with E-state index in [0.717, 1.165) is 22.4 Å². The topological polar surface area (TPSA) is 62.7 Å². The number of hydrogen-bond donors (Lipinski definition) is 2. The zero-order valence-electron chi connectivity index (χ0n) is 13.9. The third-order valence-corrected chi connectivity index (χ3v) is 3.72. The lowest BCUT2D eigenvalue weighted by Crippen LogP contribution is -2.25. The Morgan fingerprint density at radius 2 is 1.80 bits per heavy atom. The van der Waals surface area contributed by atoms with E-state index in [9.17, 15) is 4.79 Å². The molecule has 0 saturated heterocycles. The molecule has 0 fully saturated rings. The van der Waals surface area contributed by atoms with Gasteiger partial charge in [0.05, 0.1) is 19.9 Å². The number of hydrogen-bond acceptors (Lipinski definition) is 4. The van der Waals surface area contributed by atoms with Crippen molar-refractivity contribution in [3.63, 3.8) is 0 Å². The van der Waals surface area contributed by atoms with Gasteiger partial charge in [0, 0.05) is 5.69 Å². The van der Waals surface area contributed by atoms with Gasteiger partial charge in [-0.3, -0.25) is 4.79 Å². The Morgan fingerprint density at radius 3 is 2.56 bits per heavy atom. The lowest BCUT2D eigenvalue weighted by molar-refractivity contribution is -0.119. The van der Waals surface area contributed by atoms with Crippen molar-refractivity contribution in [2.75, 3.05) is 19.0 Å². The molecule has 3 rings (SSSR count). The van der Waals surface area contributed by atoms with E-state index in [-0.39, 0.29) is 12.5 Å². The van der Waals surface area contributed by atoms with Crippen LogP contribution < -0.4 is 15.5 Å². The van der Waals surface area contributed by atoms with Crippen molar-refractivity contribution in [1.82, 2.24) is 5.43 Å². The van der Waals surface area contributed by atoms with Gasteiger partial charge in [0.2, 0.25) is 0 Å². The van der Waals surface area contributed by atoms with Crippen molar-refractivity contribution in [3.05, 3.63) is 72.3 Å². The van der Waals surface area contributed by atoms with Crippen LogP contribution in [-0.4, -0.2) is 25.8 Å². The minimum absolute atomic E-state index is 0.140. The number of methoxy groups -OCH3 is 1. The van der Waals surface area contributed by atoms with Gasteiger partial charge < -0.3 is 10.1 Å². The van der Waals surface area contributed by atoms with Gasteiger partial charge in [-0.25, -0.2) is 5.43 Å². The number of fused-ring (bicyclic) bond motifs is 1. The maximum Gasteiger partial charge on any atom is 0.259 e. The normalized spacial score (nSPS) is 10.8. The van der Waals surface area contributed by atoms with Gasteiger partial charge in [-0.2, -0.15) is 5.10 Å². The molecule has 3 aromatic carbocycles. The van der Waals surface area contributed by atoms with Crippen molar-refractivity contribution in [1.29, 1.82) is 0 Å². The van der Waals surface area contributed by atoms with Crippen LogP contribution in [0.2, 0.25) is 0 Å². The highest BCUT2D eigenvalue weighted by atomic mass is 16.5. The minimum Gasteiger partial charge on any atom is -0.497 e. The van der Waals surface area contributed by atoms with E-state index in [1.165, 1.54) is 5.39 Å². The van der Waals surface area contributed by atoms with Crippen LogP contribution in [0, 0.1) is 0 Å². The van der Waals surface area contributed by atoms with E-state index in [2.05, 4.69) is 21.9 Å². The van der Waals surface area contributed by atoms with Crippen LogP contribution in [0.3, 0.4) is 0 Å². The van der Waals surface area contributed by atoms with Gasteiger partial charge in [0.25, 0.3) is 5.91 Å². The summed E-state index contributed by atoms with van der Waals surface area (Å²) in [5, 5.41) is 9.34. The second-order valence-corrected chi connectivity index (χ2v) is 5.48. The lowest BCUT2D eigenvalue weighted by Gasteiger charge is -2.06. The van der Waals surface area contributed by atoms with Crippen LogP contribution >= 0.6 is 0 Å². The maximum absolute atomic E-state index is 11.8. The largest absolute Gasteiger partial charge is 0.497 e. The summed E-state index contributed by atoms with van der Waals surface area (Å²) in [7, 11) is 1.61. The smallest absolute Gasteiger partial charge is 0.259 e. The molecule has 0 spiro atoms. The number of hydrazone groups is 1. The molecule has 0 bridgehead atoms. The Kier molecular flexibility index (Phi) is 5.26. The Labute approximate surface area is 146 Å². The quantitative estimate of drug-likeness (QED) is 0.537. The number of benzene rings is 3. The van der Waals surface area contributed by atoms with E-state index in [0.29, 0.717) is 0 Å². The van der Waals surface area contributed by atoms with Crippen LogP contribution in [0.15, 0.2) is 71.8 Å². The highest BCUT2D eigenvalue weighted by Crippen LogP contribution is 2.15. The number of nitrogens with one attached hydrogen (secondary N) is 2. The molecule has 126 valence electrons. The van der Waals surface area contributed by atoms with Crippen LogP contribution in [-0.2, 0) is 4.79 Å². The molecule has 0 aromatic heterocycles. The summed E-state index contributed by atoms with van der Waals surface area (Å²) in [5.41, 5.74) is 4.29. The fourth-order valence-corrected chi connectivity index (χ4v) is 2.40. The first kappa shape index (κ1) is 16.5. The molecule has 0 aliphatic rings. The number of carbonyl (C=O) groups excluding carboxylic acids is 1. The Bertz CT molecular complexity index is 889. The molecule has 1 amide bonds. The molecule has 2 N–H and O–H groups in total. The number of carbonyl (C=O) groups is 1. The predicted octanol–water partition coefficient (Wildman–Crippen LogP) is 3.41. The second-order valence-electron chi connectivity index (χ2n) is 5.48. The SMILES string of the molecule is COc1ccc(NCC(=O)N/N=C/c2ccc3ccccc3c2)cc1. The van der Waals surface area contributed by atoms with Crippen molar-refractivity contribution in [3.8, 4) is 5.75 Å². The molecular formula is C20H19N3O2. The molecule has 0 radical (unpaired) electrons. The van der Waals surface area contributed by atoms with Crippen molar-refractivity contribution >= 4 is 28.6 Å². The summed E-state index contributed by atoms with van der Waals surface area (Å²) >= 11 is 0. The standard InChI is InChI=1S/C20H19N3O2/c1-25-19-10-8-18(9-11-19)21-14-20(24)23-22-13-15-6-7-16-4-2-3-5-17(16)12-15/h2-13,21H,14H2,1H3,(H,23,24)/b22-13+. The molecule has 0 atom stereocenters. The van der Waals surface area contributed by atoms with E-state index in [1.54, 1.807) is 13.3 Å². The molecule has 0 unspecified atom stereocenters. The van der Waals surface area contributed by atoms with Gasteiger partial charge >= 0.3 is 0 Å². The Balaban J connectivity index is 1.51. The van der Waals surface area contributed by atoms with Gasteiger partial charge in [-0.1, -0.05) is 36.4 Å². The molecule has 5 heteroatoms. The highest BCUT2D eigenvalue weighted by Gasteiger charge is 2.00. The average molecular weight is 333 g/mol. The van der Waals surface area contributed by atoms with Gasteiger partial charge in [-0.05, 0) is 46.7 Å². The molecule has 0 saturated carbocycles. The third-order valence-electron chi connectivity index (χ3n) is 3.72. The van der Waals surface area contributed by atoms with E-state index in [4.69, 9.17) is 4.74 Å². The molecule has 5 nitrogen and oxygen atoms in total. The van der Waals surface area contributed by atoms with Crippen LogP contribution in [0.4, 0.5) is 5.69 Å². The summed E-state index contributed by atoms with van der Waals surface area (Å²) in [6, 6.07) is 21.5. The molecule has 0 aliphatic carbocycles. The number of ether oxygens (including phenoxy) is 1. The van der Waals surface area contributed by atoms with E-state index in [1.807, 2.05) is 60.7 Å². The minimum atomic E-state index is -0.215. The van der Waals surface area contributed by atoms with Gasteiger partial charge in [-0.15, -0.1) is 0 Å². The summed E-state index contributed by atoms with van der Waals surface area (Å²) in [6.07, 6.45) is 1.64. The first-order chi connectivity index (χ1) is 12.2. The molecule has 3 aromatic rings. The lowest BCUT2D eigenvalue weighted by atomic mass is 10.1. The molecular weight excluding hydrogens is 314 g/mol. The summed E-state index contributed by atoms with van der Waals surface area (Å²) in [6.45, 7) is 0.140. The fourth-order valence-electron chi connectivity index (χ4n) is 2.40. The number of rotatable bonds is 6. The van der Waals surface area contributed by atoms with E-state index >= 15 is 0 Å². The first-order valence-corrected chi connectivity index (χ1v) is 7.93. The Hall–Kier alpha value is -3.34. The average Bonchev–Trinajstić information content (AvgIpc) is 2.66. The van der Waals surface area contributed by atoms with Gasteiger partial charge in [0.1, 0.15) is 5.75 Å². The second kappa shape index (κ2) is 7.97. The third kappa shape index (κ3) is 4.57. The van der Waals surface area contributed by atoms with Crippen molar-refractivity contribution in [2.24, 2.45) is 5.10 Å². The first-order valence-electron chi connectivity index (χ1n) is 7.93. The zero-order valence-corrected chi connectivity index (χ0v) is 13.9. The van der Waals surface area contributed by atoms with Crippen LogP contribution in [0.1, 0.15) is 5.56 Å². The van der Waals surface area contributed by atoms with Crippen LogP contribution in [0.5, 0.6) is 5.75 Å². The predicted molar refractivity (Wildman–Crippen MR) is 101 cm³/mol. The summed E-state index contributed by atoms with van der Waals surface area (Å²) in [5.74, 6) is 0.558. The molecule has 0 heterocycles. The number of anilines is 1. The number of amides is 1. The monoisotopic (exact) mass is 333 g/mol. The Morgan fingerprint density at radius 1 is 1.04 bits per heavy atom. The summed E-state index contributed by atoms with van der Waals surface area (Å²) in [4.78, 5) is 11.8.